The highest BCUT2D eigenvalue weighted by Crippen LogP contribution is 2.38. The second kappa shape index (κ2) is 7.86. The van der Waals surface area contributed by atoms with Crippen LogP contribution >= 0.6 is 24.0 Å². The maximum absolute atomic E-state index is 13.1. The maximum Gasteiger partial charge on any atom is 0.416 e. The molecule has 0 saturated heterocycles. The summed E-state index contributed by atoms with van der Waals surface area (Å²) in [7, 11) is 0. The van der Waals surface area contributed by atoms with Crippen LogP contribution in [-0.4, -0.2) is 11.2 Å². The van der Waals surface area contributed by atoms with Crippen molar-refractivity contribution in [3.63, 3.8) is 0 Å². The number of aliphatic hydroxyl groups excluding tert-OH is 1. The summed E-state index contributed by atoms with van der Waals surface area (Å²) in [6, 6.07) is 2.45. The molecule has 1 aromatic rings. The average molecular weight is 358 g/mol. The van der Waals surface area contributed by atoms with Gasteiger partial charge in [-0.05, 0) is 36.5 Å². The highest BCUT2D eigenvalue weighted by atomic mass is 35.5. The smallest absolute Gasteiger partial charge is 0.391 e. The van der Waals surface area contributed by atoms with Gasteiger partial charge in [0, 0.05) is 5.02 Å². The first-order valence-electron chi connectivity index (χ1n) is 7.11. The van der Waals surface area contributed by atoms with E-state index in [0.717, 1.165) is 38.2 Å². The first-order valence-corrected chi connectivity index (χ1v) is 7.49. The van der Waals surface area contributed by atoms with E-state index in [4.69, 9.17) is 17.3 Å². The van der Waals surface area contributed by atoms with E-state index < -0.39 is 23.9 Å². The summed E-state index contributed by atoms with van der Waals surface area (Å²) in [6.45, 7) is 0. The lowest BCUT2D eigenvalue weighted by atomic mass is 9.80. The van der Waals surface area contributed by atoms with Crippen LogP contribution in [-0.2, 0) is 6.18 Å². The highest BCUT2D eigenvalue weighted by molar-refractivity contribution is 6.30. The minimum atomic E-state index is -4.54. The molecule has 3 N–H and O–H groups in total. The molecule has 0 amide bonds. The van der Waals surface area contributed by atoms with Gasteiger partial charge in [0.25, 0.3) is 0 Å². The lowest BCUT2D eigenvalue weighted by Gasteiger charge is -2.31. The normalized spacial score (nSPS) is 19.4. The van der Waals surface area contributed by atoms with Crippen molar-refractivity contribution in [2.24, 2.45) is 11.7 Å². The van der Waals surface area contributed by atoms with E-state index in [0.29, 0.717) is 0 Å². The molecule has 0 bridgehead atoms. The lowest BCUT2D eigenvalue weighted by Crippen LogP contribution is -2.35. The molecule has 1 saturated carbocycles. The third-order valence-electron chi connectivity index (χ3n) is 4.18. The van der Waals surface area contributed by atoms with Crippen molar-refractivity contribution < 1.29 is 18.3 Å². The first-order chi connectivity index (χ1) is 9.80. The number of alkyl halides is 3. The number of aliphatic hydroxyl groups is 1. The van der Waals surface area contributed by atoms with Gasteiger partial charge in [0.05, 0.1) is 17.7 Å². The molecule has 7 heteroatoms. The van der Waals surface area contributed by atoms with Crippen LogP contribution in [0.1, 0.15) is 49.3 Å². The van der Waals surface area contributed by atoms with Crippen molar-refractivity contribution in [2.75, 3.05) is 0 Å². The largest absolute Gasteiger partial charge is 0.416 e. The molecule has 1 aliphatic rings. The Hall–Kier alpha value is -0.490. The molecular formula is C15H20Cl2F3NO. The number of hydrogen-bond donors (Lipinski definition) is 2. The molecule has 0 aromatic heterocycles. The summed E-state index contributed by atoms with van der Waals surface area (Å²) in [6.07, 6.45) is -0.805. The van der Waals surface area contributed by atoms with Crippen LogP contribution < -0.4 is 5.73 Å². The van der Waals surface area contributed by atoms with Gasteiger partial charge < -0.3 is 10.8 Å². The van der Waals surface area contributed by atoms with Crippen LogP contribution in [0, 0.1) is 5.92 Å². The summed E-state index contributed by atoms with van der Waals surface area (Å²) >= 11 is 5.65. The zero-order valence-electron chi connectivity index (χ0n) is 11.9. The zero-order chi connectivity index (χ0) is 15.6. The van der Waals surface area contributed by atoms with Gasteiger partial charge in [-0.2, -0.15) is 13.2 Å². The number of halogens is 5. The van der Waals surface area contributed by atoms with Crippen LogP contribution in [0.4, 0.5) is 13.2 Å². The minimum absolute atomic E-state index is 0. The lowest BCUT2D eigenvalue weighted by molar-refractivity contribution is -0.138. The molecule has 0 radical (unpaired) electrons. The molecule has 0 aliphatic heterocycles. The minimum Gasteiger partial charge on any atom is -0.391 e. The molecule has 2 nitrogen and oxygen atoms in total. The predicted molar refractivity (Wildman–Crippen MR) is 83.2 cm³/mol. The van der Waals surface area contributed by atoms with E-state index in [1.54, 1.807) is 0 Å². The average Bonchev–Trinajstić information content (AvgIpc) is 2.45. The fourth-order valence-corrected chi connectivity index (χ4v) is 3.19. The van der Waals surface area contributed by atoms with Gasteiger partial charge in [-0.3, -0.25) is 0 Å². The van der Waals surface area contributed by atoms with Gasteiger partial charge in [-0.1, -0.05) is 36.9 Å². The van der Waals surface area contributed by atoms with E-state index in [9.17, 15) is 18.3 Å². The van der Waals surface area contributed by atoms with E-state index in [-0.39, 0.29) is 28.9 Å². The molecule has 0 unspecified atom stereocenters. The molecule has 2 atom stereocenters. The number of benzene rings is 1. The third-order valence-corrected chi connectivity index (χ3v) is 4.42. The number of nitrogens with two attached hydrogens (primary N) is 1. The van der Waals surface area contributed by atoms with E-state index >= 15 is 0 Å². The Balaban J connectivity index is 0.00000242. The fourth-order valence-electron chi connectivity index (χ4n) is 3.02. The van der Waals surface area contributed by atoms with Gasteiger partial charge >= 0.3 is 6.18 Å². The molecular weight excluding hydrogens is 338 g/mol. The number of hydrogen-bond acceptors (Lipinski definition) is 2. The Bertz CT molecular complexity index is 490. The Morgan fingerprint density at radius 1 is 1.18 bits per heavy atom. The van der Waals surface area contributed by atoms with Crippen molar-refractivity contribution in [3.05, 3.63) is 34.3 Å². The Kier molecular flexibility index (Phi) is 6.99. The van der Waals surface area contributed by atoms with Crippen molar-refractivity contribution in [2.45, 2.75) is 50.4 Å². The van der Waals surface area contributed by atoms with Crippen molar-refractivity contribution in [1.82, 2.24) is 0 Å². The van der Waals surface area contributed by atoms with E-state index in [1.165, 1.54) is 12.1 Å². The van der Waals surface area contributed by atoms with Crippen molar-refractivity contribution >= 4 is 24.0 Å². The molecule has 1 fully saturated rings. The molecule has 1 aromatic carbocycles. The van der Waals surface area contributed by atoms with Gasteiger partial charge in [0.2, 0.25) is 0 Å². The topological polar surface area (TPSA) is 46.2 Å². The van der Waals surface area contributed by atoms with Gasteiger partial charge in [-0.15, -0.1) is 12.4 Å². The standard InChI is InChI=1S/C15H19ClF3NO.ClH/c16-10-6-7-11(12(8-10)15(17,18)19)13(20)14(21)9-4-2-1-3-5-9;/h6-9,13-14,21H,1-5,20H2;1H/t13-,14+;/m1./s1. The predicted octanol–water partition coefficient (Wildman–Crippen LogP) is 4.72. The maximum atomic E-state index is 13.1. The quantitative estimate of drug-likeness (QED) is 0.821. The summed E-state index contributed by atoms with van der Waals surface area (Å²) in [4.78, 5) is 0. The summed E-state index contributed by atoms with van der Waals surface area (Å²) in [5.74, 6) is -0.0366. The molecule has 22 heavy (non-hydrogen) atoms. The monoisotopic (exact) mass is 357 g/mol. The van der Waals surface area contributed by atoms with Crippen molar-refractivity contribution in [1.29, 1.82) is 0 Å². The second-order valence-corrected chi connectivity index (χ2v) is 6.08. The van der Waals surface area contributed by atoms with Crippen LogP contribution in [0.25, 0.3) is 0 Å². The Morgan fingerprint density at radius 3 is 2.32 bits per heavy atom. The van der Waals surface area contributed by atoms with Crippen LogP contribution in [0.2, 0.25) is 5.02 Å². The molecule has 1 aliphatic carbocycles. The summed E-state index contributed by atoms with van der Waals surface area (Å²) in [5.41, 5.74) is 4.97. The van der Waals surface area contributed by atoms with Gasteiger partial charge in [0.1, 0.15) is 0 Å². The zero-order valence-corrected chi connectivity index (χ0v) is 13.5. The van der Waals surface area contributed by atoms with Crippen molar-refractivity contribution in [3.8, 4) is 0 Å². The second-order valence-electron chi connectivity index (χ2n) is 5.64. The summed E-state index contributed by atoms with van der Waals surface area (Å²) < 4.78 is 39.3. The Labute approximate surface area is 139 Å². The Morgan fingerprint density at radius 2 is 1.77 bits per heavy atom. The van der Waals surface area contributed by atoms with Gasteiger partial charge in [0.15, 0.2) is 0 Å². The summed E-state index contributed by atoms with van der Waals surface area (Å²) in [5, 5.41) is 10.3. The SMILES string of the molecule is Cl.N[C@H](c1ccc(Cl)cc1C(F)(F)F)[C@@H](O)C1CCCCC1. The first kappa shape index (κ1) is 19.6. The molecule has 126 valence electrons. The van der Waals surface area contributed by atoms with E-state index in [2.05, 4.69) is 0 Å². The van der Waals surface area contributed by atoms with Crippen LogP contribution in [0.3, 0.4) is 0 Å². The van der Waals surface area contributed by atoms with Crippen LogP contribution in [0.15, 0.2) is 18.2 Å². The van der Waals surface area contributed by atoms with Crippen LogP contribution in [0.5, 0.6) is 0 Å². The number of rotatable bonds is 3. The third kappa shape index (κ3) is 4.51. The van der Waals surface area contributed by atoms with E-state index in [1.807, 2.05) is 0 Å². The molecule has 0 spiro atoms. The molecule has 2 rings (SSSR count). The highest BCUT2D eigenvalue weighted by Gasteiger charge is 2.37. The van der Waals surface area contributed by atoms with Gasteiger partial charge in [-0.25, -0.2) is 0 Å². The fraction of sp³-hybridized carbons (Fsp3) is 0.600. The molecule has 0 heterocycles.